The summed E-state index contributed by atoms with van der Waals surface area (Å²) >= 11 is 5.04. The van der Waals surface area contributed by atoms with Gasteiger partial charge in [-0.2, -0.15) is 5.10 Å². The van der Waals surface area contributed by atoms with Crippen LogP contribution in [0, 0.1) is 4.77 Å². The van der Waals surface area contributed by atoms with Gasteiger partial charge in [-0.3, -0.25) is 19.3 Å². The van der Waals surface area contributed by atoms with Crippen molar-refractivity contribution < 1.29 is 9.59 Å². The van der Waals surface area contributed by atoms with Crippen molar-refractivity contribution in [3.05, 3.63) is 40.9 Å². The number of carbonyl (C=O) groups excluding carboxylic acids is 2. The molecule has 3 rings (SSSR count). The van der Waals surface area contributed by atoms with Crippen molar-refractivity contribution >= 4 is 29.6 Å². The molecule has 1 aromatic heterocycles. The van der Waals surface area contributed by atoms with E-state index in [2.05, 4.69) is 15.5 Å². The Morgan fingerprint density at radius 1 is 1.42 bits per heavy atom. The Morgan fingerprint density at radius 3 is 2.89 bits per heavy atom. The first-order valence-electron chi connectivity index (χ1n) is 5.73. The van der Waals surface area contributed by atoms with Crippen molar-refractivity contribution in [3.63, 3.8) is 0 Å². The molecule has 1 aliphatic heterocycles. The molecule has 0 fully saturated rings. The van der Waals surface area contributed by atoms with Crippen molar-refractivity contribution in [1.29, 1.82) is 0 Å². The van der Waals surface area contributed by atoms with Gasteiger partial charge in [0.25, 0.3) is 0 Å². The second-order valence-electron chi connectivity index (χ2n) is 4.22. The summed E-state index contributed by atoms with van der Waals surface area (Å²) in [6, 6.07) is 8.44. The quantitative estimate of drug-likeness (QED) is 0.817. The summed E-state index contributed by atoms with van der Waals surface area (Å²) in [7, 11) is 0. The van der Waals surface area contributed by atoms with Crippen molar-refractivity contribution in [3.8, 4) is 0 Å². The number of para-hydroxylation sites is 1. The van der Waals surface area contributed by atoms with Gasteiger partial charge in [0.15, 0.2) is 10.6 Å². The lowest BCUT2D eigenvalue weighted by Crippen LogP contribution is -2.23. The van der Waals surface area contributed by atoms with Gasteiger partial charge in [0.1, 0.15) is 6.04 Å². The van der Waals surface area contributed by atoms with Gasteiger partial charge in [0.05, 0.1) is 0 Å². The number of ketones is 1. The molecule has 2 N–H and O–H groups in total. The molecule has 7 heteroatoms. The van der Waals surface area contributed by atoms with Crippen molar-refractivity contribution in [2.45, 2.75) is 12.5 Å². The number of carbonyl (C=O) groups is 2. The predicted molar refractivity (Wildman–Crippen MR) is 70.5 cm³/mol. The van der Waals surface area contributed by atoms with Crippen LogP contribution in [-0.2, 0) is 4.79 Å². The van der Waals surface area contributed by atoms with Crippen LogP contribution in [0.5, 0.6) is 0 Å². The number of fused-ring (bicyclic) bond motifs is 1. The lowest BCUT2D eigenvalue weighted by atomic mass is 10.2. The third kappa shape index (κ3) is 1.97. The van der Waals surface area contributed by atoms with E-state index in [0.717, 1.165) is 0 Å². The summed E-state index contributed by atoms with van der Waals surface area (Å²) in [4.78, 5) is 23.9. The highest BCUT2D eigenvalue weighted by Crippen LogP contribution is 2.26. The van der Waals surface area contributed by atoms with Crippen LogP contribution in [0.15, 0.2) is 30.3 Å². The summed E-state index contributed by atoms with van der Waals surface area (Å²) in [5.74, 6) is -0.227. The fraction of sp³-hybridized carbons (Fsp3) is 0.167. The van der Waals surface area contributed by atoms with E-state index in [-0.39, 0.29) is 28.7 Å². The first-order chi connectivity index (χ1) is 9.16. The molecular formula is C12H10N4O2S. The molecule has 0 bridgehead atoms. The number of anilines is 1. The van der Waals surface area contributed by atoms with Gasteiger partial charge in [-0.1, -0.05) is 18.2 Å². The fourth-order valence-corrected chi connectivity index (χ4v) is 2.37. The minimum atomic E-state index is -0.631. The molecule has 1 amide bonds. The van der Waals surface area contributed by atoms with E-state index in [1.807, 2.05) is 18.2 Å². The van der Waals surface area contributed by atoms with Gasteiger partial charge >= 0.3 is 0 Å². The molecule has 0 saturated heterocycles. The van der Waals surface area contributed by atoms with Gasteiger partial charge in [-0.25, -0.2) is 0 Å². The summed E-state index contributed by atoms with van der Waals surface area (Å²) in [6.07, 6.45) is 0.0965. The number of benzene rings is 1. The topological polar surface area (TPSA) is 79.8 Å². The molecule has 1 atom stereocenters. The zero-order valence-corrected chi connectivity index (χ0v) is 10.6. The minimum absolute atomic E-state index is 0.0965. The van der Waals surface area contributed by atoms with E-state index in [1.165, 1.54) is 4.57 Å². The second-order valence-corrected chi connectivity index (χ2v) is 4.61. The summed E-state index contributed by atoms with van der Waals surface area (Å²) in [6.45, 7) is 0. The molecule has 0 saturated carbocycles. The van der Waals surface area contributed by atoms with Crippen molar-refractivity contribution in [2.24, 2.45) is 0 Å². The Labute approximate surface area is 113 Å². The Kier molecular flexibility index (Phi) is 2.75. The van der Waals surface area contributed by atoms with Gasteiger partial charge in [0, 0.05) is 12.1 Å². The molecule has 0 aliphatic carbocycles. The van der Waals surface area contributed by atoms with Crippen LogP contribution >= 0.6 is 12.2 Å². The monoisotopic (exact) mass is 274 g/mol. The number of aromatic nitrogens is 3. The smallest absolute Gasteiger partial charge is 0.248 e. The number of hydrogen-bond acceptors (Lipinski definition) is 4. The number of aromatic amines is 1. The molecule has 1 aliphatic rings. The average molecular weight is 274 g/mol. The Bertz CT molecular complexity index is 704. The third-order valence-corrected chi connectivity index (χ3v) is 3.28. The van der Waals surface area contributed by atoms with Crippen LogP contribution in [0.4, 0.5) is 5.69 Å². The summed E-state index contributed by atoms with van der Waals surface area (Å²) in [5, 5.41) is 9.13. The molecule has 2 aromatic rings. The molecule has 0 radical (unpaired) electrons. The number of hydrogen-bond donors (Lipinski definition) is 2. The zero-order chi connectivity index (χ0) is 13.4. The molecular weight excluding hydrogens is 264 g/mol. The number of nitrogens with one attached hydrogen (secondary N) is 2. The first-order valence-corrected chi connectivity index (χ1v) is 6.13. The number of Topliss-reactive ketones (excluding diaryl/α,β-unsaturated/α-hetero) is 1. The summed E-state index contributed by atoms with van der Waals surface area (Å²) in [5.41, 5.74) is 0.684. The molecule has 6 nitrogen and oxygen atoms in total. The Hall–Kier alpha value is -2.28. The largest absolute Gasteiger partial charge is 0.324 e. The van der Waals surface area contributed by atoms with Crippen LogP contribution in [0.3, 0.4) is 0 Å². The van der Waals surface area contributed by atoms with E-state index in [9.17, 15) is 9.59 Å². The molecule has 2 heterocycles. The number of H-pyrrole nitrogens is 1. The summed E-state index contributed by atoms with van der Waals surface area (Å²) < 4.78 is 1.75. The highest BCUT2D eigenvalue weighted by Gasteiger charge is 2.36. The minimum Gasteiger partial charge on any atom is -0.324 e. The van der Waals surface area contributed by atoms with Crippen molar-refractivity contribution in [1.82, 2.24) is 14.8 Å². The van der Waals surface area contributed by atoms with Crippen LogP contribution in [0.2, 0.25) is 0 Å². The maximum atomic E-state index is 12.2. The lowest BCUT2D eigenvalue weighted by Gasteiger charge is -2.11. The average Bonchev–Trinajstić information content (AvgIpc) is 2.93. The van der Waals surface area contributed by atoms with Gasteiger partial charge in [-0.15, -0.1) is 0 Å². The SMILES string of the molecule is O=C1CC(C(=O)Nc2ccccc2)n2c1n[nH]c2=S. The normalized spacial score (nSPS) is 17.3. The van der Waals surface area contributed by atoms with Crippen LogP contribution in [0.1, 0.15) is 23.1 Å². The third-order valence-electron chi connectivity index (χ3n) is 2.99. The Morgan fingerprint density at radius 2 is 2.16 bits per heavy atom. The maximum absolute atomic E-state index is 12.2. The fourth-order valence-electron chi connectivity index (χ4n) is 2.11. The second kappa shape index (κ2) is 4.43. The predicted octanol–water partition coefficient (Wildman–Crippen LogP) is 1.71. The number of rotatable bonds is 2. The van der Waals surface area contributed by atoms with E-state index < -0.39 is 6.04 Å². The molecule has 1 unspecified atom stereocenters. The van der Waals surface area contributed by atoms with Gasteiger partial charge in [-0.05, 0) is 24.4 Å². The first kappa shape index (κ1) is 11.8. The molecule has 1 aromatic carbocycles. The van der Waals surface area contributed by atoms with Gasteiger partial charge < -0.3 is 5.32 Å². The maximum Gasteiger partial charge on any atom is 0.248 e. The lowest BCUT2D eigenvalue weighted by molar-refractivity contribution is -0.119. The molecule has 19 heavy (non-hydrogen) atoms. The molecule has 0 spiro atoms. The van der Waals surface area contributed by atoms with Crippen LogP contribution < -0.4 is 5.32 Å². The number of nitrogens with zero attached hydrogens (tertiary/aromatic N) is 2. The highest BCUT2D eigenvalue weighted by atomic mass is 32.1. The van der Waals surface area contributed by atoms with E-state index in [0.29, 0.717) is 5.69 Å². The van der Waals surface area contributed by atoms with Crippen molar-refractivity contribution in [2.75, 3.05) is 5.32 Å². The standard InChI is InChI=1S/C12H10N4O2S/c17-9-6-8(16-10(9)14-15-12(16)19)11(18)13-7-4-2-1-3-5-7/h1-5,8H,6H2,(H,13,18)(H,15,19). The number of amides is 1. The van der Waals surface area contributed by atoms with Gasteiger partial charge in [0.2, 0.25) is 11.7 Å². The zero-order valence-electron chi connectivity index (χ0n) is 9.79. The van der Waals surface area contributed by atoms with E-state index in [4.69, 9.17) is 12.2 Å². The van der Waals surface area contributed by atoms with E-state index in [1.54, 1.807) is 12.1 Å². The van der Waals surface area contributed by atoms with Crippen LogP contribution in [-0.4, -0.2) is 26.5 Å². The highest BCUT2D eigenvalue weighted by molar-refractivity contribution is 7.71. The molecule has 96 valence electrons. The van der Waals surface area contributed by atoms with E-state index >= 15 is 0 Å². The Balaban J connectivity index is 1.88. The van der Waals surface area contributed by atoms with Crippen LogP contribution in [0.25, 0.3) is 0 Å².